The second kappa shape index (κ2) is 5.46. The van der Waals surface area contributed by atoms with Crippen LogP contribution >= 0.6 is 0 Å². The summed E-state index contributed by atoms with van der Waals surface area (Å²) >= 11 is 0. The van der Waals surface area contributed by atoms with Crippen molar-refractivity contribution >= 4 is 11.9 Å². The average molecular weight is 274 g/mol. The molecule has 1 aliphatic heterocycles. The van der Waals surface area contributed by atoms with Gasteiger partial charge in [-0.15, -0.1) is 0 Å². The molecular weight excluding hydrogens is 252 g/mol. The standard InChI is InChI=1S/C13H22O6/c1-12(2,3)19-11(15)9-7-8(10(14)16-6)17-13(4,5)18-9/h8-9H,7H2,1-6H3. The SMILES string of the molecule is COC(=O)C1CC(C(=O)OC(C)(C)C)OC(C)(C)O1. The normalized spacial score (nSPS) is 26.6. The second-order valence-corrected chi connectivity index (χ2v) is 5.91. The third-order valence-corrected chi connectivity index (χ3v) is 2.41. The minimum absolute atomic E-state index is 0.0883. The van der Waals surface area contributed by atoms with Crippen molar-refractivity contribution in [1.82, 2.24) is 0 Å². The van der Waals surface area contributed by atoms with Gasteiger partial charge in [0, 0.05) is 6.42 Å². The van der Waals surface area contributed by atoms with Gasteiger partial charge in [0.05, 0.1) is 7.11 Å². The lowest BCUT2D eigenvalue weighted by atomic mass is 10.1. The summed E-state index contributed by atoms with van der Waals surface area (Å²) < 4.78 is 20.8. The highest BCUT2D eigenvalue weighted by Gasteiger charge is 2.43. The van der Waals surface area contributed by atoms with E-state index < -0.39 is 35.5 Å². The van der Waals surface area contributed by atoms with Crippen LogP contribution in [0.4, 0.5) is 0 Å². The average Bonchev–Trinajstić information content (AvgIpc) is 2.23. The van der Waals surface area contributed by atoms with Gasteiger partial charge < -0.3 is 18.9 Å². The number of methoxy groups -OCH3 is 1. The lowest BCUT2D eigenvalue weighted by Crippen LogP contribution is -2.51. The van der Waals surface area contributed by atoms with Crippen LogP contribution in [0.3, 0.4) is 0 Å². The molecular formula is C13H22O6. The fourth-order valence-electron chi connectivity index (χ4n) is 1.79. The fourth-order valence-corrected chi connectivity index (χ4v) is 1.79. The Hall–Kier alpha value is -1.14. The van der Waals surface area contributed by atoms with Gasteiger partial charge in [-0.2, -0.15) is 0 Å². The van der Waals surface area contributed by atoms with Crippen molar-refractivity contribution in [2.75, 3.05) is 7.11 Å². The van der Waals surface area contributed by atoms with Crippen molar-refractivity contribution in [3.63, 3.8) is 0 Å². The Kier molecular flexibility index (Phi) is 4.58. The first-order valence-electron chi connectivity index (χ1n) is 6.20. The summed E-state index contributed by atoms with van der Waals surface area (Å²) in [4.78, 5) is 23.6. The van der Waals surface area contributed by atoms with Crippen LogP contribution in [0.2, 0.25) is 0 Å². The van der Waals surface area contributed by atoms with E-state index in [-0.39, 0.29) is 6.42 Å². The molecule has 19 heavy (non-hydrogen) atoms. The van der Waals surface area contributed by atoms with Gasteiger partial charge in [-0.1, -0.05) is 0 Å². The molecule has 1 saturated heterocycles. The van der Waals surface area contributed by atoms with Crippen LogP contribution in [0, 0.1) is 0 Å². The van der Waals surface area contributed by atoms with Crippen LogP contribution in [0.5, 0.6) is 0 Å². The second-order valence-electron chi connectivity index (χ2n) is 5.91. The zero-order valence-electron chi connectivity index (χ0n) is 12.3. The summed E-state index contributed by atoms with van der Waals surface area (Å²) in [6, 6.07) is 0. The molecule has 1 fully saturated rings. The van der Waals surface area contributed by atoms with Gasteiger partial charge in [0.2, 0.25) is 0 Å². The molecule has 2 atom stereocenters. The Morgan fingerprint density at radius 3 is 2.00 bits per heavy atom. The first kappa shape index (κ1) is 15.9. The minimum atomic E-state index is -1.04. The zero-order chi connectivity index (χ0) is 14.8. The molecule has 1 aliphatic rings. The lowest BCUT2D eigenvalue weighted by Gasteiger charge is -2.39. The van der Waals surface area contributed by atoms with Crippen LogP contribution in [-0.2, 0) is 28.5 Å². The Balaban J connectivity index is 2.78. The molecule has 0 saturated carbocycles. The van der Waals surface area contributed by atoms with E-state index >= 15 is 0 Å². The number of ether oxygens (including phenoxy) is 4. The lowest BCUT2D eigenvalue weighted by molar-refractivity contribution is -0.297. The predicted molar refractivity (Wildman–Crippen MR) is 66.3 cm³/mol. The van der Waals surface area contributed by atoms with Gasteiger partial charge in [-0.3, -0.25) is 0 Å². The zero-order valence-corrected chi connectivity index (χ0v) is 12.3. The summed E-state index contributed by atoms with van der Waals surface area (Å²) in [6.07, 6.45) is -1.58. The van der Waals surface area contributed by atoms with Gasteiger partial charge in [0.25, 0.3) is 0 Å². The van der Waals surface area contributed by atoms with Gasteiger partial charge in [-0.05, 0) is 34.6 Å². The largest absolute Gasteiger partial charge is 0.467 e. The Morgan fingerprint density at radius 1 is 1.11 bits per heavy atom. The number of esters is 2. The number of rotatable bonds is 2. The monoisotopic (exact) mass is 274 g/mol. The summed E-state index contributed by atoms with van der Waals surface area (Å²) in [5, 5.41) is 0. The van der Waals surface area contributed by atoms with Gasteiger partial charge in [0.15, 0.2) is 18.0 Å². The van der Waals surface area contributed by atoms with E-state index in [4.69, 9.17) is 14.2 Å². The molecule has 0 N–H and O–H groups in total. The van der Waals surface area contributed by atoms with Crippen LogP contribution in [0.1, 0.15) is 41.0 Å². The van der Waals surface area contributed by atoms with Gasteiger partial charge in [0.1, 0.15) is 5.60 Å². The highest BCUT2D eigenvalue weighted by atomic mass is 16.7. The molecule has 0 radical (unpaired) electrons. The third-order valence-electron chi connectivity index (χ3n) is 2.41. The molecule has 0 aromatic heterocycles. The fraction of sp³-hybridized carbons (Fsp3) is 0.846. The maximum Gasteiger partial charge on any atom is 0.336 e. The summed E-state index contributed by atoms with van der Waals surface area (Å²) in [7, 11) is 1.27. The molecule has 0 spiro atoms. The molecule has 0 aliphatic carbocycles. The summed E-state index contributed by atoms with van der Waals surface area (Å²) in [6.45, 7) is 8.59. The van der Waals surface area contributed by atoms with Crippen LogP contribution < -0.4 is 0 Å². The van der Waals surface area contributed by atoms with Crippen molar-refractivity contribution in [1.29, 1.82) is 0 Å². The van der Waals surface area contributed by atoms with Gasteiger partial charge in [-0.25, -0.2) is 9.59 Å². The molecule has 0 aromatic rings. The molecule has 1 heterocycles. The van der Waals surface area contributed by atoms with E-state index in [1.165, 1.54) is 7.11 Å². The predicted octanol–water partition coefficient (Wildman–Crippen LogP) is 1.41. The summed E-state index contributed by atoms with van der Waals surface area (Å²) in [5.41, 5.74) is -0.607. The molecule has 0 bridgehead atoms. The molecule has 2 unspecified atom stereocenters. The van der Waals surface area contributed by atoms with Crippen molar-refractivity contribution in [3.8, 4) is 0 Å². The maximum absolute atomic E-state index is 12.0. The van der Waals surface area contributed by atoms with E-state index in [0.717, 1.165) is 0 Å². The molecule has 6 heteroatoms. The number of carbonyl (C=O) groups is 2. The third kappa shape index (κ3) is 4.80. The first-order chi connectivity index (χ1) is 8.54. The van der Waals surface area contributed by atoms with E-state index in [1.54, 1.807) is 34.6 Å². The Labute approximate surface area is 113 Å². The molecule has 1 rings (SSSR count). The number of hydrogen-bond acceptors (Lipinski definition) is 6. The van der Waals surface area contributed by atoms with Crippen molar-refractivity contribution in [2.45, 2.75) is 64.6 Å². The summed E-state index contributed by atoms with van der Waals surface area (Å²) in [5.74, 6) is -2.07. The quantitative estimate of drug-likeness (QED) is 0.709. The number of hydrogen-bond donors (Lipinski definition) is 0. The Bertz CT molecular complexity index is 355. The molecule has 0 aromatic carbocycles. The van der Waals surface area contributed by atoms with Crippen LogP contribution in [0.25, 0.3) is 0 Å². The van der Waals surface area contributed by atoms with E-state index in [2.05, 4.69) is 4.74 Å². The smallest absolute Gasteiger partial charge is 0.336 e. The molecule has 6 nitrogen and oxygen atoms in total. The van der Waals surface area contributed by atoms with Crippen LogP contribution in [-0.4, -0.2) is 42.6 Å². The van der Waals surface area contributed by atoms with E-state index in [0.29, 0.717) is 0 Å². The molecule has 110 valence electrons. The highest BCUT2D eigenvalue weighted by molar-refractivity contribution is 5.79. The Morgan fingerprint density at radius 2 is 1.58 bits per heavy atom. The van der Waals surface area contributed by atoms with Gasteiger partial charge >= 0.3 is 11.9 Å². The van der Waals surface area contributed by atoms with Crippen molar-refractivity contribution in [2.24, 2.45) is 0 Å². The minimum Gasteiger partial charge on any atom is -0.467 e. The maximum atomic E-state index is 12.0. The van der Waals surface area contributed by atoms with Crippen molar-refractivity contribution in [3.05, 3.63) is 0 Å². The topological polar surface area (TPSA) is 71.1 Å². The number of carbonyl (C=O) groups excluding carboxylic acids is 2. The van der Waals surface area contributed by atoms with E-state index in [1.807, 2.05) is 0 Å². The molecule has 0 amide bonds. The van der Waals surface area contributed by atoms with E-state index in [9.17, 15) is 9.59 Å². The highest BCUT2D eigenvalue weighted by Crippen LogP contribution is 2.28. The van der Waals surface area contributed by atoms with Crippen molar-refractivity contribution < 1.29 is 28.5 Å². The van der Waals surface area contributed by atoms with Crippen LogP contribution in [0.15, 0.2) is 0 Å². The first-order valence-corrected chi connectivity index (χ1v) is 6.20.